The molecule has 1 aromatic carbocycles. The monoisotopic (exact) mass is 333 g/mol. The maximum absolute atomic E-state index is 11.1. The molecule has 0 spiro atoms. The summed E-state index contributed by atoms with van der Waals surface area (Å²) >= 11 is 0. The summed E-state index contributed by atoms with van der Waals surface area (Å²) in [5.74, 6) is 0. The van der Waals surface area contributed by atoms with Crippen molar-refractivity contribution >= 4 is 16.1 Å². The third kappa shape index (κ3) is 5.93. The minimum atomic E-state index is -4.49. The third-order valence-electron chi connectivity index (χ3n) is 2.75. The van der Waals surface area contributed by atoms with Gasteiger partial charge >= 0.3 is 10.4 Å². The van der Waals surface area contributed by atoms with Crippen molar-refractivity contribution in [1.29, 1.82) is 0 Å². The topological polar surface area (TPSA) is 122 Å². The second kappa shape index (κ2) is 7.49. The average Bonchev–Trinajstić information content (AvgIpc) is 2.35. The molecule has 1 rings (SSSR count). The normalized spacial score (nSPS) is 14.6. The quantitative estimate of drug-likeness (QED) is 0.314. The van der Waals surface area contributed by atoms with Crippen LogP contribution in [0.15, 0.2) is 24.3 Å². The van der Waals surface area contributed by atoms with Crippen molar-refractivity contribution in [1.82, 2.24) is 4.90 Å². The molecule has 0 amide bonds. The zero-order valence-electron chi connectivity index (χ0n) is 12.5. The van der Waals surface area contributed by atoms with E-state index in [2.05, 4.69) is 9.50 Å². The zero-order chi connectivity index (χ0) is 16.9. The van der Waals surface area contributed by atoms with E-state index in [1.165, 1.54) is 4.90 Å². The molecule has 9 nitrogen and oxygen atoms in total. The van der Waals surface area contributed by atoms with E-state index in [0.717, 1.165) is 0 Å². The van der Waals surface area contributed by atoms with Gasteiger partial charge < -0.3 is 5.32 Å². The highest BCUT2D eigenvalue weighted by molar-refractivity contribution is 7.80. The molecule has 2 atom stereocenters. The number of hydrogen-bond acceptors (Lipinski definition) is 7. The lowest BCUT2D eigenvalue weighted by Gasteiger charge is -2.19. The molecule has 0 aliphatic carbocycles. The Morgan fingerprint density at radius 3 is 2.59 bits per heavy atom. The first-order valence-corrected chi connectivity index (χ1v) is 7.75. The van der Waals surface area contributed by atoms with Crippen molar-refractivity contribution in [2.75, 3.05) is 26.0 Å². The standard InChI is InChI=1S/C12H19N3O6S/c1-9(8-21-22(18,19)20)13-11-6-4-5-10(7-11)12(14(2)3)15(16)17/h4-7,9,12-13H,8H2,1-3H3,(H,18,19,20). The van der Waals surface area contributed by atoms with Gasteiger partial charge in [-0.2, -0.15) is 8.42 Å². The maximum Gasteiger partial charge on any atom is 0.397 e. The van der Waals surface area contributed by atoms with Crippen LogP contribution in [-0.4, -0.2) is 49.5 Å². The molecule has 0 fully saturated rings. The summed E-state index contributed by atoms with van der Waals surface area (Å²) in [6.07, 6.45) is -0.980. The van der Waals surface area contributed by atoms with Gasteiger partial charge in [-0.3, -0.25) is 14.7 Å². The molecule has 0 aliphatic heterocycles. The van der Waals surface area contributed by atoms with Gasteiger partial charge in [0.1, 0.15) is 0 Å². The number of anilines is 1. The van der Waals surface area contributed by atoms with Crippen molar-refractivity contribution < 1.29 is 22.1 Å². The van der Waals surface area contributed by atoms with Crippen LogP contribution < -0.4 is 5.32 Å². The number of hydrogen-bond donors (Lipinski definition) is 2. The second-order valence-corrected chi connectivity index (χ2v) is 6.10. The average molecular weight is 333 g/mol. The fourth-order valence-electron chi connectivity index (χ4n) is 1.91. The van der Waals surface area contributed by atoms with E-state index in [1.54, 1.807) is 45.3 Å². The van der Waals surface area contributed by atoms with Gasteiger partial charge in [-0.1, -0.05) is 12.1 Å². The van der Waals surface area contributed by atoms with E-state index < -0.39 is 27.5 Å². The number of benzene rings is 1. The summed E-state index contributed by atoms with van der Waals surface area (Å²) in [5.41, 5.74) is 1.07. The van der Waals surface area contributed by atoms with E-state index in [9.17, 15) is 18.5 Å². The summed E-state index contributed by atoms with van der Waals surface area (Å²) in [6, 6.07) is 6.18. The van der Waals surface area contributed by atoms with E-state index in [-0.39, 0.29) is 6.61 Å². The fraction of sp³-hybridized carbons (Fsp3) is 0.500. The molecule has 2 N–H and O–H groups in total. The van der Waals surface area contributed by atoms with Crippen LogP contribution in [-0.2, 0) is 14.6 Å². The van der Waals surface area contributed by atoms with Crippen molar-refractivity contribution in [3.8, 4) is 0 Å². The zero-order valence-corrected chi connectivity index (χ0v) is 13.3. The van der Waals surface area contributed by atoms with Crippen LogP contribution in [0.4, 0.5) is 5.69 Å². The van der Waals surface area contributed by atoms with Gasteiger partial charge in [0.25, 0.3) is 6.17 Å². The molecule has 0 aliphatic rings. The van der Waals surface area contributed by atoms with E-state index in [0.29, 0.717) is 11.3 Å². The van der Waals surface area contributed by atoms with Gasteiger partial charge in [0.15, 0.2) is 0 Å². The summed E-state index contributed by atoms with van der Waals surface area (Å²) in [5, 5.41) is 14.1. The smallest absolute Gasteiger partial charge is 0.380 e. The summed E-state index contributed by atoms with van der Waals surface area (Å²) in [7, 11) is -1.28. The summed E-state index contributed by atoms with van der Waals surface area (Å²) in [6.45, 7) is 1.38. The van der Waals surface area contributed by atoms with Gasteiger partial charge in [0, 0.05) is 22.2 Å². The highest BCUT2D eigenvalue weighted by Crippen LogP contribution is 2.22. The molecular formula is C12H19N3O6S. The molecule has 0 saturated carbocycles. The minimum Gasteiger partial charge on any atom is -0.380 e. The Balaban J connectivity index is 2.81. The lowest BCUT2D eigenvalue weighted by Crippen LogP contribution is -2.27. The Kier molecular flexibility index (Phi) is 6.23. The maximum atomic E-state index is 11.1. The SMILES string of the molecule is CC(COS(=O)(=O)O)Nc1cccc(C(N(C)C)[N+](=O)[O-])c1. The number of nitro groups is 1. The number of nitrogens with one attached hydrogen (secondary N) is 1. The van der Waals surface area contributed by atoms with Crippen LogP contribution in [0.3, 0.4) is 0 Å². The Hall–Kier alpha value is -1.75. The Bertz CT molecular complexity index is 619. The first kappa shape index (κ1) is 18.3. The Morgan fingerprint density at radius 1 is 1.45 bits per heavy atom. The van der Waals surface area contributed by atoms with Crippen LogP contribution >= 0.6 is 0 Å². The predicted octanol–water partition coefficient (Wildman–Crippen LogP) is 1.14. The molecule has 0 aromatic heterocycles. The Morgan fingerprint density at radius 2 is 2.09 bits per heavy atom. The first-order chi connectivity index (χ1) is 10.1. The van der Waals surface area contributed by atoms with Gasteiger partial charge in [-0.15, -0.1) is 0 Å². The summed E-state index contributed by atoms with van der Waals surface area (Å²) < 4.78 is 33.8. The molecule has 0 radical (unpaired) electrons. The van der Waals surface area contributed by atoms with Gasteiger partial charge in [0.05, 0.1) is 6.61 Å². The molecule has 0 saturated heterocycles. The molecule has 10 heteroatoms. The molecular weight excluding hydrogens is 314 g/mol. The largest absolute Gasteiger partial charge is 0.397 e. The van der Waals surface area contributed by atoms with Crippen molar-refractivity contribution in [3.63, 3.8) is 0 Å². The van der Waals surface area contributed by atoms with E-state index in [4.69, 9.17) is 4.55 Å². The highest BCUT2D eigenvalue weighted by Gasteiger charge is 2.25. The van der Waals surface area contributed by atoms with E-state index in [1.807, 2.05) is 0 Å². The van der Waals surface area contributed by atoms with Gasteiger partial charge in [-0.05, 0) is 33.2 Å². The van der Waals surface area contributed by atoms with Crippen LogP contribution in [0.5, 0.6) is 0 Å². The van der Waals surface area contributed by atoms with Crippen molar-refractivity contribution in [2.45, 2.75) is 19.1 Å². The van der Waals surface area contributed by atoms with Crippen LogP contribution in [0.25, 0.3) is 0 Å². The third-order valence-corrected chi connectivity index (χ3v) is 3.19. The first-order valence-electron chi connectivity index (χ1n) is 6.38. The van der Waals surface area contributed by atoms with Crippen molar-refractivity contribution in [2.24, 2.45) is 0 Å². The lowest BCUT2D eigenvalue weighted by molar-refractivity contribution is -0.555. The fourth-order valence-corrected chi connectivity index (χ4v) is 2.29. The van der Waals surface area contributed by atoms with Crippen LogP contribution in [0.2, 0.25) is 0 Å². The van der Waals surface area contributed by atoms with E-state index >= 15 is 0 Å². The Labute approximate surface area is 129 Å². The number of nitrogens with zero attached hydrogens (tertiary/aromatic N) is 2. The van der Waals surface area contributed by atoms with Gasteiger partial charge in [0.2, 0.25) is 0 Å². The molecule has 2 unspecified atom stereocenters. The number of rotatable bonds is 8. The van der Waals surface area contributed by atoms with Crippen LogP contribution in [0.1, 0.15) is 18.7 Å². The molecule has 1 aromatic rings. The minimum absolute atomic E-state index is 0.268. The lowest BCUT2D eigenvalue weighted by atomic mass is 10.1. The second-order valence-electron chi connectivity index (χ2n) is 5.01. The molecule has 0 bridgehead atoms. The predicted molar refractivity (Wildman–Crippen MR) is 80.4 cm³/mol. The molecule has 124 valence electrons. The highest BCUT2D eigenvalue weighted by atomic mass is 32.3. The van der Waals surface area contributed by atoms with Gasteiger partial charge in [-0.25, -0.2) is 9.08 Å². The summed E-state index contributed by atoms with van der Waals surface area (Å²) in [4.78, 5) is 12.2. The molecule has 22 heavy (non-hydrogen) atoms. The van der Waals surface area contributed by atoms with Crippen LogP contribution in [0, 0.1) is 10.1 Å². The molecule has 0 heterocycles. The van der Waals surface area contributed by atoms with Crippen molar-refractivity contribution in [3.05, 3.63) is 39.9 Å².